The molecular formula is C17H15ClN2O3. The largest absolute Gasteiger partial charge is 0.318 e. The highest BCUT2D eigenvalue weighted by molar-refractivity contribution is 6.43. The van der Waals surface area contributed by atoms with E-state index in [1.54, 1.807) is 43.3 Å². The summed E-state index contributed by atoms with van der Waals surface area (Å²) in [6.45, 7) is 3.22. The van der Waals surface area contributed by atoms with Crippen molar-refractivity contribution in [3.8, 4) is 0 Å². The SMILES string of the molecule is CC(=O)c1cccc(NC(=O)C(=O)Nc2cc(Cl)ccc2C)c1. The minimum Gasteiger partial charge on any atom is -0.318 e. The quantitative estimate of drug-likeness (QED) is 0.668. The minimum atomic E-state index is -0.829. The van der Waals surface area contributed by atoms with E-state index in [1.165, 1.54) is 13.0 Å². The lowest BCUT2D eigenvalue weighted by atomic mass is 10.1. The van der Waals surface area contributed by atoms with Crippen LogP contribution in [0, 0.1) is 6.92 Å². The van der Waals surface area contributed by atoms with Gasteiger partial charge in [0.25, 0.3) is 0 Å². The Morgan fingerprint density at radius 2 is 1.65 bits per heavy atom. The maximum absolute atomic E-state index is 12.0. The zero-order chi connectivity index (χ0) is 17.0. The summed E-state index contributed by atoms with van der Waals surface area (Å²) in [6.07, 6.45) is 0. The number of carbonyl (C=O) groups excluding carboxylic acids is 3. The number of amides is 2. The van der Waals surface area contributed by atoms with Crippen LogP contribution in [0.2, 0.25) is 5.02 Å². The van der Waals surface area contributed by atoms with Gasteiger partial charge in [-0.25, -0.2) is 0 Å². The lowest BCUT2D eigenvalue weighted by Crippen LogP contribution is -2.29. The highest BCUT2D eigenvalue weighted by atomic mass is 35.5. The molecule has 0 atom stereocenters. The molecule has 118 valence electrons. The van der Waals surface area contributed by atoms with Gasteiger partial charge in [0.1, 0.15) is 0 Å². The van der Waals surface area contributed by atoms with E-state index < -0.39 is 11.8 Å². The number of hydrogen-bond acceptors (Lipinski definition) is 3. The van der Waals surface area contributed by atoms with Crippen LogP contribution in [0.25, 0.3) is 0 Å². The fourth-order valence-corrected chi connectivity index (χ4v) is 2.08. The van der Waals surface area contributed by atoms with E-state index in [-0.39, 0.29) is 5.78 Å². The first-order valence-corrected chi connectivity index (χ1v) is 7.24. The van der Waals surface area contributed by atoms with Gasteiger partial charge in [0.15, 0.2) is 5.78 Å². The zero-order valence-corrected chi connectivity index (χ0v) is 13.4. The Morgan fingerprint density at radius 1 is 0.957 bits per heavy atom. The van der Waals surface area contributed by atoms with Crippen LogP contribution >= 0.6 is 11.6 Å². The molecular weight excluding hydrogens is 316 g/mol. The van der Waals surface area contributed by atoms with Gasteiger partial charge in [-0.3, -0.25) is 14.4 Å². The zero-order valence-electron chi connectivity index (χ0n) is 12.6. The third-order valence-electron chi connectivity index (χ3n) is 3.18. The summed E-state index contributed by atoms with van der Waals surface area (Å²) in [5.74, 6) is -1.77. The molecule has 2 aromatic rings. The van der Waals surface area contributed by atoms with Crippen LogP contribution in [-0.4, -0.2) is 17.6 Å². The van der Waals surface area contributed by atoms with E-state index >= 15 is 0 Å². The number of nitrogens with one attached hydrogen (secondary N) is 2. The second-order valence-electron chi connectivity index (χ2n) is 5.00. The number of hydrogen-bond donors (Lipinski definition) is 2. The smallest absolute Gasteiger partial charge is 0.314 e. The van der Waals surface area contributed by atoms with Crippen LogP contribution in [-0.2, 0) is 9.59 Å². The highest BCUT2D eigenvalue weighted by Gasteiger charge is 2.15. The third kappa shape index (κ3) is 4.40. The third-order valence-corrected chi connectivity index (χ3v) is 3.42. The van der Waals surface area contributed by atoms with Crippen molar-refractivity contribution < 1.29 is 14.4 Å². The summed E-state index contributed by atoms with van der Waals surface area (Å²) in [6, 6.07) is 11.4. The average Bonchev–Trinajstić information content (AvgIpc) is 2.51. The molecule has 0 saturated carbocycles. The van der Waals surface area contributed by atoms with Crippen molar-refractivity contribution in [3.05, 3.63) is 58.6 Å². The number of halogens is 1. The molecule has 0 heterocycles. The molecule has 0 aliphatic heterocycles. The lowest BCUT2D eigenvalue weighted by Gasteiger charge is -2.09. The van der Waals surface area contributed by atoms with Crippen molar-refractivity contribution in [1.29, 1.82) is 0 Å². The van der Waals surface area contributed by atoms with E-state index in [9.17, 15) is 14.4 Å². The number of ketones is 1. The topological polar surface area (TPSA) is 75.3 Å². The number of carbonyl (C=O) groups is 3. The molecule has 0 unspecified atom stereocenters. The second-order valence-corrected chi connectivity index (χ2v) is 5.44. The van der Waals surface area contributed by atoms with Crippen molar-refractivity contribution in [3.63, 3.8) is 0 Å². The Hall–Kier alpha value is -2.66. The van der Waals surface area contributed by atoms with Gasteiger partial charge >= 0.3 is 11.8 Å². The van der Waals surface area contributed by atoms with Gasteiger partial charge < -0.3 is 10.6 Å². The van der Waals surface area contributed by atoms with E-state index in [0.29, 0.717) is 22.0 Å². The molecule has 0 aliphatic carbocycles. The van der Waals surface area contributed by atoms with Crippen molar-refractivity contribution in [2.45, 2.75) is 13.8 Å². The van der Waals surface area contributed by atoms with E-state index in [1.807, 2.05) is 0 Å². The fraction of sp³-hybridized carbons (Fsp3) is 0.118. The maximum atomic E-state index is 12.0. The summed E-state index contributed by atoms with van der Waals surface area (Å²) < 4.78 is 0. The van der Waals surface area contributed by atoms with Crippen molar-refractivity contribution in [1.82, 2.24) is 0 Å². The molecule has 6 heteroatoms. The molecule has 0 aliphatic rings. The van der Waals surface area contributed by atoms with E-state index in [4.69, 9.17) is 11.6 Å². The lowest BCUT2D eigenvalue weighted by molar-refractivity contribution is -0.133. The van der Waals surface area contributed by atoms with Crippen molar-refractivity contribution >= 4 is 40.6 Å². The highest BCUT2D eigenvalue weighted by Crippen LogP contribution is 2.20. The standard InChI is InChI=1S/C17H15ClN2O3/c1-10-6-7-13(18)9-15(10)20-17(23)16(22)19-14-5-3-4-12(8-14)11(2)21/h3-9H,1-2H3,(H,19,22)(H,20,23). The molecule has 0 radical (unpaired) electrons. The predicted octanol–water partition coefficient (Wildman–Crippen LogP) is 3.43. The van der Waals surface area contributed by atoms with E-state index in [2.05, 4.69) is 10.6 Å². The van der Waals surface area contributed by atoms with Gasteiger partial charge in [0.05, 0.1) is 0 Å². The van der Waals surface area contributed by atoms with Crippen LogP contribution < -0.4 is 10.6 Å². The molecule has 2 N–H and O–H groups in total. The van der Waals surface area contributed by atoms with Gasteiger partial charge in [-0.15, -0.1) is 0 Å². The molecule has 2 amide bonds. The number of rotatable bonds is 3. The molecule has 0 fully saturated rings. The van der Waals surface area contributed by atoms with Gasteiger partial charge in [-0.05, 0) is 43.7 Å². The molecule has 0 spiro atoms. The Kier molecular flexibility index (Phi) is 5.13. The summed E-state index contributed by atoms with van der Waals surface area (Å²) in [4.78, 5) is 35.2. The first-order chi connectivity index (χ1) is 10.9. The van der Waals surface area contributed by atoms with Crippen LogP contribution in [0.4, 0.5) is 11.4 Å². The number of benzene rings is 2. The molecule has 2 rings (SSSR count). The van der Waals surface area contributed by atoms with Crippen LogP contribution in [0.5, 0.6) is 0 Å². The first kappa shape index (κ1) is 16.7. The first-order valence-electron chi connectivity index (χ1n) is 6.86. The van der Waals surface area contributed by atoms with Gasteiger partial charge in [-0.1, -0.05) is 29.8 Å². The Bertz CT molecular complexity index is 787. The normalized spacial score (nSPS) is 10.0. The minimum absolute atomic E-state index is 0.125. The summed E-state index contributed by atoms with van der Waals surface area (Å²) in [7, 11) is 0. The molecule has 5 nitrogen and oxygen atoms in total. The van der Waals surface area contributed by atoms with E-state index in [0.717, 1.165) is 5.56 Å². The molecule has 0 saturated heterocycles. The summed E-state index contributed by atoms with van der Waals surface area (Å²) in [5.41, 5.74) is 2.08. The summed E-state index contributed by atoms with van der Waals surface area (Å²) in [5, 5.41) is 5.42. The van der Waals surface area contributed by atoms with Crippen molar-refractivity contribution in [2.75, 3.05) is 10.6 Å². The Balaban J connectivity index is 2.08. The number of anilines is 2. The molecule has 0 aromatic heterocycles. The summed E-state index contributed by atoms with van der Waals surface area (Å²) >= 11 is 5.87. The van der Waals surface area contributed by atoms with Gasteiger partial charge in [0, 0.05) is 22.0 Å². The fourth-order valence-electron chi connectivity index (χ4n) is 1.91. The van der Waals surface area contributed by atoms with Gasteiger partial charge in [-0.2, -0.15) is 0 Å². The Labute approximate surface area is 138 Å². The van der Waals surface area contributed by atoms with Crippen LogP contribution in [0.1, 0.15) is 22.8 Å². The predicted molar refractivity (Wildman–Crippen MR) is 89.9 cm³/mol. The van der Waals surface area contributed by atoms with Gasteiger partial charge in [0.2, 0.25) is 0 Å². The monoisotopic (exact) mass is 330 g/mol. The second kappa shape index (κ2) is 7.07. The maximum Gasteiger partial charge on any atom is 0.314 e. The molecule has 2 aromatic carbocycles. The Morgan fingerprint density at radius 3 is 2.35 bits per heavy atom. The molecule has 23 heavy (non-hydrogen) atoms. The number of aryl methyl sites for hydroxylation is 1. The number of Topliss-reactive ketones (excluding diaryl/α,β-unsaturated/α-hetero) is 1. The van der Waals surface area contributed by atoms with Crippen molar-refractivity contribution in [2.24, 2.45) is 0 Å². The van der Waals surface area contributed by atoms with Crippen LogP contribution in [0.3, 0.4) is 0 Å². The average molecular weight is 331 g/mol. The molecule has 0 bridgehead atoms. The van der Waals surface area contributed by atoms with Crippen LogP contribution in [0.15, 0.2) is 42.5 Å².